The van der Waals surface area contributed by atoms with E-state index in [9.17, 15) is 13.6 Å². The molecule has 1 aliphatic rings. The van der Waals surface area contributed by atoms with Crippen LogP contribution in [0, 0.1) is 5.92 Å². The first-order valence-corrected chi connectivity index (χ1v) is 7.80. The van der Waals surface area contributed by atoms with Crippen LogP contribution >= 0.6 is 0 Å². The minimum absolute atomic E-state index is 0.0301. The molecule has 0 bridgehead atoms. The van der Waals surface area contributed by atoms with Gasteiger partial charge in [0.25, 0.3) is 5.92 Å². The predicted molar refractivity (Wildman–Crippen MR) is 87.1 cm³/mol. The molecule has 23 heavy (non-hydrogen) atoms. The largest absolute Gasteiger partial charge is 0.294 e. The number of carbonyl (C=O) groups is 1. The van der Waals surface area contributed by atoms with Crippen LogP contribution in [0.15, 0.2) is 54.6 Å². The quantitative estimate of drug-likeness (QED) is 0.710. The van der Waals surface area contributed by atoms with Crippen LogP contribution in [-0.2, 0) is 5.41 Å². The lowest BCUT2D eigenvalue weighted by molar-refractivity contribution is 0.0742. The highest BCUT2D eigenvalue weighted by Crippen LogP contribution is 2.62. The van der Waals surface area contributed by atoms with Crippen molar-refractivity contribution in [3.8, 4) is 0 Å². The second-order valence-electron chi connectivity index (χ2n) is 7.23. The molecule has 0 spiro atoms. The number of ketones is 1. The molecule has 2 aromatic carbocycles. The van der Waals surface area contributed by atoms with Gasteiger partial charge in [-0.05, 0) is 16.5 Å². The summed E-state index contributed by atoms with van der Waals surface area (Å²) in [4.78, 5) is 12.5. The average Bonchev–Trinajstić information content (AvgIpc) is 3.09. The molecular weight excluding hydrogens is 294 g/mol. The molecule has 0 amide bonds. The topological polar surface area (TPSA) is 17.1 Å². The van der Waals surface area contributed by atoms with E-state index in [0.717, 1.165) is 5.56 Å². The first kappa shape index (κ1) is 15.9. The van der Waals surface area contributed by atoms with Gasteiger partial charge in [0, 0.05) is 5.56 Å². The predicted octanol–water partition coefficient (Wildman–Crippen LogP) is 5.22. The highest BCUT2D eigenvalue weighted by atomic mass is 19.3. The molecule has 1 saturated carbocycles. The maximum absolute atomic E-state index is 14.1. The van der Waals surface area contributed by atoms with Crippen molar-refractivity contribution in [3.05, 3.63) is 71.3 Å². The van der Waals surface area contributed by atoms with Crippen molar-refractivity contribution < 1.29 is 13.6 Å². The number of hydrogen-bond donors (Lipinski definition) is 0. The molecule has 3 rings (SSSR count). The number of halogens is 2. The number of hydrogen-bond acceptors (Lipinski definition) is 1. The van der Waals surface area contributed by atoms with Crippen molar-refractivity contribution >= 4 is 5.78 Å². The highest BCUT2D eigenvalue weighted by Gasteiger charge is 2.71. The lowest BCUT2D eigenvalue weighted by atomic mass is 9.86. The molecular formula is C20H20F2O. The maximum atomic E-state index is 14.1. The number of alkyl halides is 2. The van der Waals surface area contributed by atoms with E-state index < -0.39 is 23.5 Å². The van der Waals surface area contributed by atoms with Gasteiger partial charge in [-0.1, -0.05) is 75.4 Å². The van der Waals surface area contributed by atoms with Crippen LogP contribution < -0.4 is 0 Å². The Morgan fingerprint density at radius 3 is 2.04 bits per heavy atom. The lowest BCUT2D eigenvalue weighted by Crippen LogP contribution is -2.12. The van der Waals surface area contributed by atoms with Crippen molar-refractivity contribution in [2.75, 3.05) is 0 Å². The standard InChI is InChI=1S/C20H20F2O/c1-19(2,3)15-11-9-14(10-12-15)18(23)17-16(20(17,21)22)13-7-5-4-6-8-13/h4-12,16-17H,1-3H3. The normalized spacial score (nSPS) is 22.7. The van der Waals surface area contributed by atoms with Gasteiger partial charge in [0.05, 0.1) is 11.8 Å². The maximum Gasteiger partial charge on any atom is 0.266 e. The molecule has 0 heterocycles. The van der Waals surface area contributed by atoms with E-state index in [4.69, 9.17) is 0 Å². The molecule has 120 valence electrons. The van der Waals surface area contributed by atoms with E-state index in [1.807, 2.05) is 12.1 Å². The van der Waals surface area contributed by atoms with Gasteiger partial charge in [-0.2, -0.15) is 0 Å². The molecule has 0 aliphatic heterocycles. The van der Waals surface area contributed by atoms with Gasteiger partial charge >= 0.3 is 0 Å². The van der Waals surface area contributed by atoms with Crippen molar-refractivity contribution in [2.45, 2.75) is 38.0 Å². The number of rotatable bonds is 3. The molecule has 1 fully saturated rings. The van der Waals surface area contributed by atoms with Crippen molar-refractivity contribution in [2.24, 2.45) is 5.92 Å². The van der Waals surface area contributed by atoms with Crippen LogP contribution in [0.4, 0.5) is 8.78 Å². The number of Topliss-reactive ketones (excluding diaryl/α,β-unsaturated/α-hetero) is 1. The van der Waals surface area contributed by atoms with Crippen LogP contribution in [0.3, 0.4) is 0 Å². The van der Waals surface area contributed by atoms with E-state index in [1.54, 1.807) is 42.5 Å². The summed E-state index contributed by atoms with van der Waals surface area (Å²) in [5.74, 6) is -5.67. The van der Waals surface area contributed by atoms with E-state index in [2.05, 4.69) is 20.8 Å². The number of carbonyl (C=O) groups excluding carboxylic acids is 1. The highest BCUT2D eigenvalue weighted by molar-refractivity contribution is 6.01. The van der Waals surface area contributed by atoms with Crippen molar-refractivity contribution in [1.82, 2.24) is 0 Å². The minimum Gasteiger partial charge on any atom is -0.294 e. The zero-order chi connectivity index (χ0) is 16.8. The molecule has 0 radical (unpaired) electrons. The zero-order valence-corrected chi connectivity index (χ0v) is 13.5. The van der Waals surface area contributed by atoms with Crippen molar-refractivity contribution in [1.29, 1.82) is 0 Å². The summed E-state index contributed by atoms with van der Waals surface area (Å²) in [5, 5.41) is 0. The van der Waals surface area contributed by atoms with Gasteiger partial charge in [0.1, 0.15) is 0 Å². The summed E-state index contributed by atoms with van der Waals surface area (Å²) in [6.07, 6.45) is 0. The number of benzene rings is 2. The Hall–Kier alpha value is -2.03. The zero-order valence-electron chi connectivity index (χ0n) is 13.5. The van der Waals surface area contributed by atoms with E-state index >= 15 is 0 Å². The smallest absolute Gasteiger partial charge is 0.266 e. The Balaban J connectivity index is 1.84. The molecule has 0 N–H and O–H groups in total. The third kappa shape index (κ3) is 2.80. The van der Waals surface area contributed by atoms with Gasteiger partial charge in [-0.25, -0.2) is 8.78 Å². The molecule has 2 atom stereocenters. The fraction of sp³-hybridized carbons (Fsp3) is 0.350. The Labute approximate surface area is 135 Å². The van der Waals surface area contributed by atoms with Gasteiger partial charge in [0.15, 0.2) is 5.78 Å². The summed E-state index contributed by atoms with van der Waals surface area (Å²) >= 11 is 0. The summed E-state index contributed by atoms with van der Waals surface area (Å²) in [6.45, 7) is 6.22. The van der Waals surface area contributed by atoms with Crippen LogP contribution in [0.2, 0.25) is 0 Å². The Kier molecular flexibility index (Phi) is 3.62. The second-order valence-corrected chi connectivity index (χ2v) is 7.23. The first-order chi connectivity index (χ1) is 10.7. The molecule has 1 nitrogen and oxygen atoms in total. The molecule has 0 saturated heterocycles. The third-order valence-corrected chi connectivity index (χ3v) is 4.53. The van der Waals surface area contributed by atoms with E-state index in [1.165, 1.54) is 0 Å². The van der Waals surface area contributed by atoms with Gasteiger partial charge < -0.3 is 0 Å². The first-order valence-electron chi connectivity index (χ1n) is 7.80. The lowest BCUT2D eigenvalue weighted by Gasteiger charge is -2.19. The summed E-state index contributed by atoms with van der Waals surface area (Å²) in [5.41, 5.74) is 1.94. The van der Waals surface area contributed by atoms with Gasteiger partial charge in [0.2, 0.25) is 0 Å². The third-order valence-electron chi connectivity index (χ3n) is 4.53. The van der Waals surface area contributed by atoms with E-state index in [-0.39, 0.29) is 5.41 Å². The fourth-order valence-corrected chi connectivity index (χ4v) is 3.04. The average molecular weight is 314 g/mol. The van der Waals surface area contributed by atoms with Crippen LogP contribution in [-0.4, -0.2) is 11.7 Å². The Morgan fingerprint density at radius 2 is 1.52 bits per heavy atom. The Morgan fingerprint density at radius 1 is 0.957 bits per heavy atom. The van der Waals surface area contributed by atoms with Crippen LogP contribution in [0.5, 0.6) is 0 Å². The summed E-state index contributed by atoms with van der Waals surface area (Å²) in [6, 6.07) is 15.6. The van der Waals surface area contributed by atoms with Gasteiger partial charge in [-0.15, -0.1) is 0 Å². The van der Waals surface area contributed by atoms with Crippen LogP contribution in [0.1, 0.15) is 48.2 Å². The Bertz CT molecular complexity index is 712. The van der Waals surface area contributed by atoms with Crippen molar-refractivity contribution in [3.63, 3.8) is 0 Å². The monoisotopic (exact) mass is 314 g/mol. The molecule has 2 aromatic rings. The molecule has 2 unspecified atom stereocenters. The summed E-state index contributed by atoms with van der Waals surface area (Å²) < 4.78 is 28.3. The second kappa shape index (κ2) is 5.26. The fourth-order valence-electron chi connectivity index (χ4n) is 3.04. The van der Waals surface area contributed by atoms with Crippen LogP contribution in [0.25, 0.3) is 0 Å². The molecule has 0 aromatic heterocycles. The van der Waals surface area contributed by atoms with E-state index in [0.29, 0.717) is 11.1 Å². The van der Waals surface area contributed by atoms with Gasteiger partial charge in [-0.3, -0.25) is 4.79 Å². The molecule has 3 heteroatoms. The molecule has 1 aliphatic carbocycles. The summed E-state index contributed by atoms with van der Waals surface area (Å²) in [7, 11) is 0. The minimum atomic E-state index is -2.96. The SMILES string of the molecule is CC(C)(C)c1ccc(C(=O)C2C(c3ccccc3)C2(F)F)cc1.